The van der Waals surface area contributed by atoms with E-state index >= 15 is 0 Å². The molecular weight excluding hydrogens is 168 g/mol. The fourth-order valence-corrected chi connectivity index (χ4v) is 1.06. The second-order valence-electron chi connectivity index (χ2n) is 2.43. The monoisotopic (exact) mass is 186 g/mol. The van der Waals surface area contributed by atoms with Crippen LogP contribution in [-0.4, -0.2) is 29.6 Å². The Morgan fingerprint density at radius 3 is 2.75 bits per heavy atom. The molecule has 0 heterocycles. The summed E-state index contributed by atoms with van der Waals surface area (Å²) in [6.07, 6.45) is 4.34. The standard InChI is InChI=1S/C9H18O2Si/c1-3-5-6-10-7-8-11-12-9-4-2/h4,9H,3,5-8H2,1-2H3/b9-4+. The van der Waals surface area contributed by atoms with Crippen LogP contribution >= 0.6 is 0 Å². The number of hydrogen-bond donors (Lipinski definition) is 0. The van der Waals surface area contributed by atoms with Gasteiger partial charge in [0.2, 0.25) is 0 Å². The number of ether oxygens (including phenoxy) is 1. The molecule has 0 atom stereocenters. The zero-order valence-electron chi connectivity index (χ0n) is 8.01. The van der Waals surface area contributed by atoms with Crippen molar-refractivity contribution in [3.8, 4) is 0 Å². The predicted molar refractivity (Wildman–Crippen MR) is 52.2 cm³/mol. The van der Waals surface area contributed by atoms with Crippen LogP contribution in [0.3, 0.4) is 0 Å². The van der Waals surface area contributed by atoms with Crippen LogP contribution in [0.2, 0.25) is 0 Å². The fraction of sp³-hybridized carbons (Fsp3) is 0.778. The second kappa shape index (κ2) is 10.9. The summed E-state index contributed by atoms with van der Waals surface area (Å²) in [6.45, 7) is 6.46. The van der Waals surface area contributed by atoms with Gasteiger partial charge in [-0.1, -0.05) is 25.1 Å². The molecule has 0 amide bonds. The van der Waals surface area contributed by atoms with Crippen LogP contribution in [0.25, 0.3) is 0 Å². The van der Waals surface area contributed by atoms with Crippen LogP contribution in [0.5, 0.6) is 0 Å². The van der Waals surface area contributed by atoms with Gasteiger partial charge >= 0.3 is 0 Å². The molecular formula is C9H18O2Si. The molecule has 0 rings (SSSR count). The van der Waals surface area contributed by atoms with Gasteiger partial charge in [0.1, 0.15) is 0 Å². The van der Waals surface area contributed by atoms with Crippen LogP contribution in [0, 0.1) is 0 Å². The lowest BCUT2D eigenvalue weighted by Gasteiger charge is -2.02. The molecule has 0 aromatic carbocycles. The van der Waals surface area contributed by atoms with Crippen LogP contribution in [-0.2, 0) is 9.16 Å². The van der Waals surface area contributed by atoms with E-state index in [1.165, 1.54) is 6.42 Å². The van der Waals surface area contributed by atoms with E-state index in [4.69, 9.17) is 9.16 Å². The van der Waals surface area contributed by atoms with E-state index in [9.17, 15) is 0 Å². The Bertz CT molecular complexity index is 105. The van der Waals surface area contributed by atoms with Crippen molar-refractivity contribution < 1.29 is 9.16 Å². The number of rotatable bonds is 8. The Labute approximate surface area is 77.9 Å². The molecule has 0 bridgehead atoms. The lowest BCUT2D eigenvalue weighted by Crippen LogP contribution is -2.06. The molecule has 0 saturated carbocycles. The molecule has 70 valence electrons. The van der Waals surface area contributed by atoms with E-state index < -0.39 is 0 Å². The second-order valence-corrected chi connectivity index (χ2v) is 3.29. The predicted octanol–water partition coefficient (Wildman–Crippen LogP) is 1.97. The minimum atomic E-state index is 0.484. The highest BCUT2D eigenvalue weighted by Gasteiger charge is 1.88. The normalized spacial score (nSPS) is 11.2. The highest BCUT2D eigenvalue weighted by molar-refractivity contribution is 6.34. The van der Waals surface area contributed by atoms with Gasteiger partial charge in [-0.05, 0) is 13.3 Å². The molecule has 0 aromatic rings. The van der Waals surface area contributed by atoms with Gasteiger partial charge in [-0.15, -0.1) is 0 Å². The van der Waals surface area contributed by atoms with Gasteiger partial charge in [-0.2, -0.15) is 0 Å². The summed E-state index contributed by atoms with van der Waals surface area (Å²) in [7, 11) is 0.484. The Morgan fingerprint density at radius 2 is 2.08 bits per heavy atom. The highest BCUT2D eigenvalue weighted by atomic mass is 28.2. The third-order valence-corrected chi connectivity index (χ3v) is 2.13. The van der Waals surface area contributed by atoms with Crippen molar-refractivity contribution in [2.75, 3.05) is 19.8 Å². The van der Waals surface area contributed by atoms with E-state index in [0.29, 0.717) is 16.4 Å². The van der Waals surface area contributed by atoms with Crippen molar-refractivity contribution in [1.82, 2.24) is 0 Å². The van der Waals surface area contributed by atoms with Crippen LogP contribution < -0.4 is 0 Å². The smallest absolute Gasteiger partial charge is 0.260 e. The third-order valence-electron chi connectivity index (χ3n) is 1.29. The van der Waals surface area contributed by atoms with Gasteiger partial charge in [-0.25, -0.2) is 0 Å². The summed E-state index contributed by atoms with van der Waals surface area (Å²) in [4.78, 5) is 0. The number of allylic oxidation sites excluding steroid dienone is 1. The molecule has 0 aliphatic heterocycles. The molecule has 0 aliphatic carbocycles. The summed E-state index contributed by atoms with van der Waals surface area (Å²) < 4.78 is 10.6. The highest BCUT2D eigenvalue weighted by Crippen LogP contribution is 1.87. The van der Waals surface area contributed by atoms with Gasteiger partial charge in [-0.3, -0.25) is 0 Å². The van der Waals surface area contributed by atoms with E-state index in [1.54, 1.807) is 0 Å². The largest absolute Gasteiger partial charge is 0.410 e. The van der Waals surface area contributed by atoms with E-state index in [0.717, 1.165) is 19.6 Å². The van der Waals surface area contributed by atoms with Crippen molar-refractivity contribution in [3.63, 3.8) is 0 Å². The third kappa shape index (κ3) is 9.88. The van der Waals surface area contributed by atoms with E-state index in [2.05, 4.69) is 6.92 Å². The zero-order chi connectivity index (χ0) is 9.07. The maximum absolute atomic E-state index is 5.31. The first-order valence-corrected chi connectivity index (χ1v) is 5.46. The fourth-order valence-electron chi connectivity index (χ4n) is 0.624. The van der Waals surface area contributed by atoms with Gasteiger partial charge < -0.3 is 9.16 Å². The van der Waals surface area contributed by atoms with Crippen molar-refractivity contribution in [2.45, 2.75) is 26.7 Å². The Hall–Kier alpha value is -0.123. The first-order chi connectivity index (χ1) is 5.91. The van der Waals surface area contributed by atoms with Crippen LogP contribution in [0.1, 0.15) is 26.7 Å². The average Bonchev–Trinajstić information content (AvgIpc) is 2.10. The molecule has 12 heavy (non-hydrogen) atoms. The molecule has 0 fully saturated rings. The van der Waals surface area contributed by atoms with Crippen LogP contribution in [0.4, 0.5) is 0 Å². The lowest BCUT2D eigenvalue weighted by molar-refractivity contribution is 0.100. The lowest BCUT2D eigenvalue weighted by atomic mass is 10.4. The zero-order valence-corrected chi connectivity index (χ0v) is 9.01. The van der Waals surface area contributed by atoms with E-state index in [-0.39, 0.29) is 0 Å². The first kappa shape index (κ1) is 11.9. The number of unbranched alkanes of at least 4 members (excludes halogenated alkanes) is 1. The van der Waals surface area contributed by atoms with Crippen molar-refractivity contribution in [3.05, 3.63) is 11.8 Å². The van der Waals surface area contributed by atoms with E-state index in [1.807, 2.05) is 18.7 Å². The number of hydrogen-bond acceptors (Lipinski definition) is 2. The summed E-state index contributed by atoms with van der Waals surface area (Å²) in [5.41, 5.74) is 2.02. The summed E-state index contributed by atoms with van der Waals surface area (Å²) in [5.74, 6) is 0. The molecule has 0 saturated heterocycles. The Balaban J connectivity index is 2.81. The van der Waals surface area contributed by atoms with Crippen molar-refractivity contribution in [2.24, 2.45) is 0 Å². The molecule has 2 nitrogen and oxygen atoms in total. The maximum Gasteiger partial charge on any atom is 0.260 e. The first-order valence-electron chi connectivity index (χ1n) is 4.48. The van der Waals surface area contributed by atoms with Gasteiger partial charge in [0.15, 0.2) is 0 Å². The molecule has 0 unspecified atom stereocenters. The summed E-state index contributed by atoms with van der Waals surface area (Å²) in [5, 5.41) is 0. The Kier molecular flexibility index (Phi) is 10.8. The molecule has 0 aromatic heterocycles. The minimum Gasteiger partial charge on any atom is -0.410 e. The minimum absolute atomic E-state index is 0.484. The molecule has 3 heteroatoms. The molecule has 2 radical (unpaired) electrons. The maximum atomic E-state index is 5.31. The van der Waals surface area contributed by atoms with Crippen LogP contribution in [0.15, 0.2) is 11.8 Å². The molecule has 0 N–H and O–H groups in total. The summed E-state index contributed by atoms with van der Waals surface area (Å²) in [6, 6.07) is 0. The Morgan fingerprint density at radius 1 is 1.25 bits per heavy atom. The van der Waals surface area contributed by atoms with Gasteiger partial charge in [0.05, 0.1) is 13.2 Å². The SMILES string of the molecule is C/C=C/[Si]OCCOCCCC. The molecule has 0 aliphatic rings. The van der Waals surface area contributed by atoms with Crippen molar-refractivity contribution in [1.29, 1.82) is 0 Å². The van der Waals surface area contributed by atoms with Gasteiger partial charge in [0, 0.05) is 6.61 Å². The van der Waals surface area contributed by atoms with Crippen molar-refractivity contribution >= 4 is 9.76 Å². The van der Waals surface area contributed by atoms with Gasteiger partial charge in [0.25, 0.3) is 9.76 Å². The quantitative estimate of drug-likeness (QED) is 0.426. The summed E-state index contributed by atoms with van der Waals surface area (Å²) >= 11 is 0. The topological polar surface area (TPSA) is 18.5 Å². The average molecular weight is 186 g/mol. The molecule has 0 spiro atoms.